The van der Waals surface area contributed by atoms with E-state index in [0.29, 0.717) is 17.3 Å². The first-order valence-corrected chi connectivity index (χ1v) is 9.68. The van der Waals surface area contributed by atoms with Crippen molar-refractivity contribution in [2.45, 2.75) is 18.9 Å². The molecule has 1 atom stereocenters. The van der Waals surface area contributed by atoms with Crippen molar-refractivity contribution in [2.75, 3.05) is 31.3 Å². The maximum Gasteiger partial charge on any atom is 0.239 e. The fourth-order valence-corrected chi connectivity index (χ4v) is 3.52. The Hall–Kier alpha value is -0.860. The van der Waals surface area contributed by atoms with Crippen molar-refractivity contribution in [3.05, 3.63) is 28.2 Å². The molecule has 1 fully saturated rings. The molecule has 0 spiro atoms. The van der Waals surface area contributed by atoms with Crippen LogP contribution in [0.1, 0.15) is 12.8 Å². The number of hydrogen-bond acceptors (Lipinski definition) is 4. The molecule has 6 nitrogen and oxygen atoms in total. The van der Waals surface area contributed by atoms with Gasteiger partial charge in [-0.2, -0.15) is 4.31 Å². The zero-order valence-electron chi connectivity index (χ0n) is 12.6. The highest BCUT2D eigenvalue weighted by Gasteiger charge is 2.26. The van der Waals surface area contributed by atoms with Crippen LogP contribution >= 0.6 is 23.2 Å². The lowest BCUT2D eigenvalue weighted by Crippen LogP contribution is -2.41. The summed E-state index contributed by atoms with van der Waals surface area (Å²) in [6.07, 6.45) is 2.59. The summed E-state index contributed by atoms with van der Waals surface area (Å²) in [5.74, 6) is -0.474. The van der Waals surface area contributed by atoms with E-state index < -0.39 is 15.9 Å². The summed E-state index contributed by atoms with van der Waals surface area (Å²) in [4.78, 5) is 12.1. The smallest absolute Gasteiger partial charge is 0.239 e. The third kappa shape index (κ3) is 5.61. The van der Waals surface area contributed by atoms with Crippen LogP contribution in [0.15, 0.2) is 18.2 Å². The maximum absolute atomic E-state index is 12.1. The van der Waals surface area contributed by atoms with E-state index in [1.54, 1.807) is 12.1 Å². The molecule has 9 heteroatoms. The van der Waals surface area contributed by atoms with E-state index in [1.165, 1.54) is 6.07 Å². The minimum absolute atomic E-state index is 0.167. The van der Waals surface area contributed by atoms with Crippen molar-refractivity contribution in [2.24, 2.45) is 0 Å². The molecule has 23 heavy (non-hydrogen) atoms. The van der Waals surface area contributed by atoms with Crippen LogP contribution in [0.3, 0.4) is 0 Å². The van der Waals surface area contributed by atoms with Gasteiger partial charge in [-0.15, -0.1) is 0 Å². The Bertz CT molecular complexity index is 675. The number of hydrogen-bond donors (Lipinski definition) is 1. The molecule has 1 N–H and O–H groups in total. The van der Waals surface area contributed by atoms with E-state index in [4.69, 9.17) is 27.9 Å². The number of benzene rings is 1. The normalized spacial score (nSPS) is 18.3. The van der Waals surface area contributed by atoms with Gasteiger partial charge in [0.2, 0.25) is 15.9 Å². The van der Waals surface area contributed by atoms with Crippen LogP contribution < -0.4 is 5.32 Å². The molecule has 0 bridgehead atoms. The second-order valence-corrected chi connectivity index (χ2v) is 8.19. The number of nitrogens with zero attached hydrogens (tertiary/aromatic N) is 1. The average molecular weight is 381 g/mol. The third-order valence-corrected chi connectivity index (χ3v) is 5.19. The summed E-state index contributed by atoms with van der Waals surface area (Å²) < 4.78 is 30.3. The van der Waals surface area contributed by atoms with Crippen molar-refractivity contribution in [1.82, 2.24) is 4.31 Å². The molecule has 0 aliphatic carbocycles. The average Bonchev–Trinajstić information content (AvgIpc) is 2.93. The molecule has 1 aromatic rings. The minimum atomic E-state index is -3.52. The summed E-state index contributed by atoms with van der Waals surface area (Å²) in [7, 11) is -3.52. The number of ether oxygens (including phenoxy) is 1. The van der Waals surface area contributed by atoms with Crippen molar-refractivity contribution in [1.29, 1.82) is 0 Å². The van der Waals surface area contributed by atoms with E-state index in [2.05, 4.69) is 5.32 Å². The zero-order valence-corrected chi connectivity index (χ0v) is 14.9. The Balaban J connectivity index is 2.02. The second kappa shape index (κ2) is 7.81. The van der Waals surface area contributed by atoms with E-state index in [1.807, 2.05) is 0 Å². The maximum atomic E-state index is 12.1. The van der Waals surface area contributed by atoms with Gasteiger partial charge in [0.1, 0.15) is 0 Å². The number of nitrogens with one attached hydrogen (secondary N) is 1. The van der Waals surface area contributed by atoms with Gasteiger partial charge in [0.25, 0.3) is 0 Å². The SMILES string of the molecule is CS(=O)(=O)N(CC(=O)Nc1ccc(Cl)cc1Cl)CC1CCCO1. The highest BCUT2D eigenvalue weighted by atomic mass is 35.5. The van der Waals surface area contributed by atoms with Gasteiger partial charge in [-0.1, -0.05) is 23.2 Å². The molecule has 1 unspecified atom stereocenters. The van der Waals surface area contributed by atoms with Gasteiger partial charge in [-0.3, -0.25) is 4.79 Å². The fraction of sp³-hybridized carbons (Fsp3) is 0.500. The largest absolute Gasteiger partial charge is 0.377 e. The number of halogens is 2. The number of sulfonamides is 1. The van der Waals surface area contributed by atoms with Gasteiger partial charge in [-0.05, 0) is 31.0 Å². The number of carbonyl (C=O) groups excluding carboxylic acids is 1. The van der Waals surface area contributed by atoms with Crippen molar-refractivity contribution < 1.29 is 17.9 Å². The Morgan fingerprint density at radius 2 is 2.17 bits per heavy atom. The van der Waals surface area contributed by atoms with Crippen molar-refractivity contribution in [3.8, 4) is 0 Å². The highest BCUT2D eigenvalue weighted by molar-refractivity contribution is 7.88. The van der Waals surface area contributed by atoms with Gasteiger partial charge in [0.15, 0.2) is 0 Å². The summed E-state index contributed by atoms with van der Waals surface area (Å²) in [5.41, 5.74) is 0.381. The highest BCUT2D eigenvalue weighted by Crippen LogP contribution is 2.25. The number of carbonyl (C=O) groups is 1. The number of rotatable bonds is 6. The molecule has 1 aliphatic rings. The van der Waals surface area contributed by atoms with Crippen molar-refractivity contribution >= 4 is 44.8 Å². The molecule has 2 rings (SSSR count). The second-order valence-electron chi connectivity index (χ2n) is 5.36. The quantitative estimate of drug-likeness (QED) is 0.821. The molecule has 128 valence electrons. The molecular weight excluding hydrogens is 363 g/mol. The predicted octanol–water partition coefficient (Wildman–Crippen LogP) is 2.37. The summed E-state index contributed by atoms with van der Waals surface area (Å²) in [6, 6.07) is 4.65. The molecule has 1 amide bonds. The first-order chi connectivity index (χ1) is 10.8. The Morgan fingerprint density at radius 1 is 1.43 bits per heavy atom. The van der Waals surface area contributed by atoms with Gasteiger partial charge >= 0.3 is 0 Å². The molecule has 0 radical (unpaired) electrons. The minimum Gasteiger partial charge on any atom is -0.377 e. The third-order valence-electron chi connectivity index (χ3n) is 3.43. The number of amides is 1. The van der Waals surface area contributed by atoms with Gasteiger partial charge in [0.05, 0.1) is 29.6 Å². The van der Waals surface area contributed by atoms with Gasteiger partial charge < -0.3 is 10.1 Å². The van der Waals surface area contributed by atoms with E-state index in [-0.39, 0.29) is 24.2 Å². The van der Waals surface area contributed by atoms with Crippen LogP contribution in [-0.4, -0.2) is 50.7 Å². The molecule has 0 saturated carbocycles. The lowest BCUT2D eigenvalue weighted by molar-refractivity contribution is -0.116. The zero-order chi connectivity index (χ0) is 17.0. The van der Waals surface area contributed by atoms with Crippen LogP contribution in [0, 0.1) is 0 Å². The van der Waals surface area contributed by atoms with Crippen LogP contribution in [0.5, 0.6) is 0 Å². The predicted molar refractivity (Wildman–Crippen MR) is 90.5 cm³/mol. The molecule has 0 aromatic heterocycles. The molecule has 1 aromatic carbocycles. The fourth-order valence-electron chi connectivity index (χ4n) is 2.27. The van der Waals surface area contributed by atoms with Gasteiger partial charge in [0, 0.05) is 18.2 Å². The molecular formula is C14H18Cl2N2O4S. The standard InChI is InChI=1S/C14H18Cl2N2O4S/c1-23(20,21)18(8-11-3-2-6-22-11)9-14(19)17-13-5-4-10(15)7-12(13)16/h4-5,7,11H,2-3,6,8-9H2,1H3,(H,17,19). The van der Waals surface area contributed by atoms with Crippen LogP contribution in [0.2, 0.25) is 10.0 Å². The Morgan fingerprint density at radius 3 is 2.74 bits per heavy atom. The van der Waals surface area contributed by atoms with E-state index >= 15 is 0 Å². The van der Waals surface area contributed by atoms with Crippen LogP contribution in [0.4, 0.5) is 5.69 Å². The first-order valence-electron chi connectivity index (χ1n) is 7.07. The first kappa shape index (κ1) is 18.5. The summed E-state index contributed by atoms with van der Waals surface area (Å²) in [5, 5.41) is 3.32. The van der Waals surface area contributed by atoms with Crippen LogP contribution in [0.25, 0.3) is 0 Å². The number of anilines is 1. The van der Waals surface area contributed by atoms with E-state index in [9.17, 15) is 13.2 Å². The monoisotopic (exact) mass is 380 g/mol. The van der Waals surface area contributed by atoms with E-state index in [0.717, 1.165) is 23.4 Å². The molecule has 1 saturated heterocycles. The molecule has 1 heterocycles. The van der Waals surface area contributed by atoms with Crippen molar-refractivity contribution in [3.63, 3.8) is 0 Å². The Kier molecular flexibility index (Phi) is 6.27. The lowest BCUT2D eigenvalue weighted by Gasteiger charge is -2.22. The summed E-state index contributed by atoms with van der Waals surface area (Å²) >= 11 is 11.8. The molecule has 1 aliphatic heterocycles. The van der Waals surface area contributed by atoms with Crippen LogP contribution in [-0.2, 0) is 19.6 Å². The van der Waals surface area contributed by atoms with Gasteiger partial charge in [-0.25, -0.2) is 8.42 Å². The summed E-state index contributed by atoms with van der Waals surface area (Å²) in [6.45, 7) is 0.493. The lowest BCUT2D eigenvalue weighted by atomic mass is 10.2. The topological polar surface area (TPSA) is 75.7 Å². The Labute approximate surface area is 145 Å².